The van der Waals surface area contributed by atoms with Crippen LogP contribution in [0, 0.1) is 5.82 Å². The lowest BCUT2D eigenvalue weighted by molar-refractivity contribution is -0.132. The molecule has 0 radical (unpaired) electrons. The van der Waals surface area contributed by atoms with Crippen LogP contribution >= 0.6 is 0 Å². The molecule has 0 unspecified atom stereocenters. The molecule has 150 valence electrons. The number of hydrogen-bond acceptors (Lipinski definition) is 4. The van der Waals surface area contributed by atoms with Crippen molar-refractivity contribution in [3.05, 3.63) is 88.4 Å². The number of halogens is 1. The average molecular weight is 403 g/mol. The molecule has 0 N–H and O–H groups in total. The molecular weight excluding hydrogens is 385 g/mol. The van der Waals surface area contributed by atoms with Crippen LogP contribution in [0.5, 0.6) is 0 Å². The first-order valence-corrected chi connectivity index (χ1v) is 9.64. The molecule has 1 amide bonds. The molecule has 2 aromatic carbocycles. The molecule has 0 fully saturated rings. The van der Waals surface area contributed by atoms with E-state index >= 15 is 0 Å². The molecule has 1 aliphatic rings. The zero-order chi connectivity index (χ0) is 20.7. The van der Waals surface area contributed by atoms with E-state index in [1.807, 2.05) is 18.2 Å². The van der Waals surface area contributed by atoms with E-state index in [0.717, 1.165) is 12.0 Å². The van der Waals surface area contributed by atoms with Crippen molar-refractivity contribution in [2.45, 2.75) is 19.5 Å². The maximum absolute atomic E-state index is 13.2. The van der Waals surface area contributed by atoms with Crippen LogP contribution < -0.4 is 5.56 Å². The molecule has 0 atom stereocenters. The number of carbonyl (C=O) groups excluding carboxylic acids is 1. The Balaban J connectivity index is 1.40. The Hall–Kier alpha value is -3.81. The molecule has 30 heavy (non-hydrogen) atoms. The number of benzene rings is 2. The highest BCUT2D eigenvalue weighted by atomic mass is 19.1. The minimum atomic E-state index is -0.357. The van der Waals surface area contributed by atoms with Crippen LogP contribution in [0.25, 0.3) is 16.7 Å². The number of rotatable bonds is 3. The Bertz CT molecular complexity index is 1310. The van der Waals surface area contributed by atoms with E-state index in [4.69, 9.17) is 0 Å². The lowest BCUT2D eigenvalue weighted by Gasteiger charge is -2.29. The number of carbonyl (C=O) groups is 1. The van der Waals surface area contributed by atoms with Gasteiger partial charge in [-0.1, -0.05) is 24.3 Å². The van der Waals surface area contributed by atoms with Crippen molar-refractivity contribution < 1.29 is 9.18 Å². The first-order chi connectivity index (χ1) is 14.6. The third kappa shape index (κ3) is 3.16. The van der Waals surface area contributed by atoms with Gasteiger partial charge in [-0.05, 0) is 41.8 Å². The molecule has 1 aliphatic heterocycles. The fourth-order valence-electron chi connectivity index (χ4n) is 3.79. The quantitative estimate of drug-likeness (QED) is 0.526. The molecule has 0 aliphatic carbocycles. The molecule has 5 rings (SSSR count). The molecule has 0 saturated carbocycles. The van der Waals surface area contributed by atoms with Crippen LogP contribution in [0.1, 0.15) is 11.1 Å². The Morgan fingerprint density at radius 3 is 2.63 bits per heavy atom. The predicted octanol–water partition coefficient (Wildman–Crippen LogP) is 2.31. The minimum absolute atomic E-state index is 0.0777. The lowest BCUT2D eigenvalue weighted by atomic mass is 10.00. The maximum Gasteiger partial charge on any atom is 0.264 e. The van der Waals surface area contributed by atoms with Gasteiger partial charge in [0.1, 0.15) is 24.1 Å². The Labute approximate surface area is 171 Å². The second-order valence-corrected chi connectivity index (χ2v) is 7.28. The van der Waals surface area contributed by atoms with E-state index in [1.165, 1.54) is 39.5 Å². The van der Waals surface area contributed by atoms with Crippen LogP contribution in [0.2, 0.25) is 0 Å². The second-order valence-electron chi connectivity index (χ2n) is 7.28. The van der Waals surface area contributed by atoms with Crippen molar-refractivity contribution in [1.29, 1.82) is 0 Å². The highest BCUT2D eigenvalue weighted by Crippen LogP contribution is 2.19. The van der Waals surface area contributed by atoms with E-state index in [0.29, 0.717) is 29.8 Å². The third-order valence-electron chi connectivity index (χ3n) is 5.41. The van der Waals surface area contributed by atoms with E-state index in [1.54, 1.807) is 17.0 Å². The normalized spacial score (nSPS) is 13.4. The molecular formula is C22H18FN5O2. The summed E-state index contributed by atoms with van der Waals surface area (Å²) in [6.07, 6.45) is 3.59. The Morgan fingerprint density at radius 2 is 1.83 bits per heavy atom. The van der Waals surface area contributed by atoms with Gasteiger partial charge >= 0.3 is 0 Å². The summed E-state index contributed by atoms with van der Waals surface area (Å²) in [6, 6.07) is 13.8. The fraction of sp³-hybridized carbons (Fsp3) is 0.182. The first-order valence-electron chi connectivity index (χ1n) is 9.64. The van der Waals surface area contributed by atoms with Gasteiger partial charge in [0.15, 0.2) is 5.65 Å². The van der Waals surface area contributed by atoms with Crippen molar-refractivity contribution >= 4 is 16.9 Å². The summed E-state index contributed by atoms with van der Waals surface area (Å²) in [4.78, 5) is 31.8. The summed E-state index contributed by atoms with van der Waals surface area (Å²) in [5, 5.41) is 4.52. The van der Waals surface area contributed by atoms with Gasteiger partial charge < -0.3 is 4.90 Å². The van der Waals surface area contributed by atoms with E-state index in [-0.39, 0.29) is 23.8 Å². The van der Waals surface area contributed by atoms with Gasteiger partial charge in [0.25, 0.3) is 5.56 Å². The second kappa shape index (κ2) is 7.22. The van der Waals surface area contributed by atoms with Gasteiger partial charge in [-0.3, -0.25) is 14.2 Å². The van der Waals surface area contributed by atoms with Crippen molar-refractivity contribution in [1.82, 2.24) is 24.2 Å². The smallest absolute Gasteiger partial charge is 0.264 e. The van der Waals surface area contributed by atoms with E-state index < -0.39 is 0 Å². The molecule has 0 bridgehead atoms. The van der Waals surface area contributed by atoms with Crippen LogP contribution in [0.15, 0.2) is 65.8 Å². The number of nitrogens with zero attached hydrogens (tertiary/aromatic N) is 5. The molecule has 2 aromatic heterocycles. The van der Waals surface area contributed by atoms with Gasteiger partial charge in [-0.2, -0.15) is 5.10 Å². The minimum Gasteiger partial charge on any atom is -0.336 e. The zero-order valence-electron chi connectivity index (χ0n) is 16.0. The largest absolute Gasteiger partial charge is 0.336 e. The highest BCUT2D eigenvalue weighted by Gasteiger charge is 2.21. The molecule has 3 heterocycles. The third-order valence-corrected chi connectivity index (χ3v) is 5.41. The van der Waals surface area contributed by atoms with Crippen LogP contribution in [-0.4, -0.2) is 36.7 Å². The van der Waals surface area contributed by atoms with Crippen molar-refractivity contribution in [3.8, 4) is 5.69 Å². The lowest BCUT2D eigenvalue weighted by Crippen LogP contribution is -2.39. The van der Waals surface area contributed by atoms with Gasteiger partial charge in [-0.25, -0.2) is 14.1 Å². The number of amides is 1. The van der Waals surface area contributed by atoms with Gasteiger partial charge in [0.2, 0.25) is 5.91 Å². The fourth-order valence-corrected chi connectivity index (χ4v) is 3.79. The molecule has 4 aromatic rings. The first kappa shape index (κ1) is 18.2. The summed E-state index contributed by atoms with van der Waals surface area (Å²) < 4.78 is 16.0. The SMILES string of the molecule is O=C(Cn1cnc2c(cnn2-c2ccc(F)cc2)c1=O)N1CCc2ccccc2C1. The van der Waals surface area contributed by atoms with Crippen LogP contribution in [0.4, 0.5) is 4.39 Å². The summed E-state index contributed by atoms with van der Waals surface area (Å²) in [7, 11) is 0. The summed E-state index contributed by atoms with van der Waals surface area (Å²) in [6.45, 7) is 1.09. The predicted molar refractivity (Wildman–Crippen MR) is 109 cm³/mol. The molecule has 0 saturated heterocycles. The number of fused-ring (bicyclic) bond motifs is 2. The summed E-state index contributed by atoms with van der Waals surface area (Å²) in [5.41, 5.74) is 3.02. The molecule has 0 spiro atoms. The van der Waals surface area contributed by atoms with Crippen LogP contribution in [0.3, 0.4) is 0 Å². The Morgan fingerprint density at radius 1 is 1.07 bits per heavy atom. The van der Waals surface area contributed by atoms with Crippen LogP contribution in [-0.2, 0) is 24.3 Å². The zero-order valence-corrected chi connectivity index (χ0v) is 16.0. The summed E-state index contributed by atoms with van der Waals surface area (Å²) >= 11 is 0. The molecule has 7 nitrogen and oxygen atoms in total. The van der Waals surface area contributed by atoms with Crippen molar-refractivity contribution in [2.24, 2.45) is 0 Å². The number of hydrogen-bond donors (Lipinski definition) is 0. The maximum atomic E-state index is 13.2. The summed E-state index contributed by atoms with van der Waals surface area (Å²) in [5.74, 6) is -0.483. The monoisotopic (exact) mass is 403 g/mol. The highest BCUT2D eigenvalue weighted by molar-refractivity contribution is 5.78. The van der Waals surface area contributed by atoms with Gasteiger partial charge in [-0.15, -0.1) is 0 Å². The standard InChI is InChI=1S/C22H18FN5O2/c23-17-5-7-18(8-6-17)28-21-19(11-25-28)22(30)27(14-24-21)13-20(29)26-10-9-15-3-1-2-4-16(15)12-26/h1-8,11,14H,9-10,12-13H2. The van der Waals surface area contributed by atoms with E-state index in [2.05, 4.69) is 16.1 Å². The molecule has 8 heteroatoms. The number of aromatic nitrogens is 4. The van der Waals surface area contributed by atoms with Gasteiger partial charge in [0.05, 0.1) is 11.9 Å². The topological polar surface area (TPSA) is 73.0 Å². The average Bonchev–Trinajstić information content (AvgIpc) is 3.20. The van der Waals surface area contributed by atoms with E-state index in [9.17, 15) is 14.0 Å². The van der Waals surface area contributed by atoms with Crippen molar-refractivity contribution in [2.75, 3.05) is 6.54 Å². The Kier molecular flexibility index (Phi) is 4.39. The van der Waals surface area contributed by atoms with Gasteiger partial charge in [0, 0.05) is 13.1 Å². The van der Waals surface area contributed by atoms with Crippen molar-refractivity contribution in [3.63, 3.8) is 0 Å².